The first-order valence-electron chi connectivity index (χ1n) is 5.49. The van der Waals surface area contributed by atoms with E-state index in [-0.39, 0.29) is 11.0 Å². The van der Waals surface area contributed by atoms with Crippen LogP contribution in [0.15, 0.2) is 35.4 Å². The highest BCUT2D eigenvalue weighted by Crippen LogP contribution is 2.20. The Labute approximate surface area is 99.8 Å². The molecule has 0 fully saturated rings. The lowest BCUT2D eigenvalue weighted by Crippen LogP contribution is -2.19. The van der Waals surface area contributed by atoms with E-state index in [1.807, 2.05) is 32.9 Å². The minimum Gasteiger partial charge on any atom is -0.307 e. The van der Waals surface area contributed by atoms with Crippen LogP contribution in [-0.4, -0.2) is 15.0 Å². The zero-order valence-corrected chi connectivity index (χ0v) is 10.2. The molecular weight excluding hydrogens is 214 g/mol. The quantitative estimate of drug-likeness (QED) is 0.815. The molecule has 2 aromatic heterocycles. The second-order valence-electron chi connectivity index (χ2n) is 4.97. The highest BCUT2D eigenvalue weighted by atomic mass is 16.1. The molecule has 0 aromatic carbocycles. The van der Waals surface area contributed by atoms with E-state index in [4.69, 9.17) is 0 Å². The average Bonchev–Trinajstić information content (AvgIpc) is 2.28. The van der Waals surface area contributed by atoms with Crippen LogP contribution in [0, 0.1) is 0 Å². The van der Waals surface area contributed by atoms with E-state index in [1.54, 1.807) is 18.5 Å². The summed E-state index contributed by atoms with van der Waals surface area (Å²) in [4.78, 5) is 22.8. The lowest BCUT2D eigenvalue weighted by atomic mass is 9.92. The molecule has 0 unspecified atom stereocenters. The molecule has 0 spiro atoms. The van der Waals surface area contributed by atoms with Gasteiger partial charge in [0.1, 0.15) is 5.82 Å². The summed E-state index contributed by atoms with van der Waals surface area (Å²) < 4.78 is 0. The second kappa shape index (κ2) is 4.13. The third kappa shape index (κ3) is 2.58. The average molecular weight is 229 g/mol. The maximum Gasteiger partial charge on any atom is 0.251 e. The van der Waals surface area contributed by atoms with E-state index in [1.165, 1.54) is 0 Å². The summed E-state index contributed by atoms with van der Waals surface area (Å²) in [6.45, 7) is 6.10. The van der Waals surface area contributed by atoms with Gasteiger partial charge in [-0.05, 0) is 12.1 Å². The normalized spacial score (nSPS) is 11.5. The van der Waals surface area contributed by atoms with Gasteiger partial charge in [0.25, 0.3) is 5.56 Å². The Balaban J connectivity index is 2.58. The number of hydrogen-bond acceptors (Lipinski definition) is 3. The van der Waals surface area contributed by atoms with E-state index in [0.29, 0.717) is 5.82 Å². The molecule has 0 aliphatic heterocycles. The van der Waals surface area contributed by atoms with Gasteiger partial charge in [0.05, 0.1) is 5.69 Å². The van der Waals surface area contributed by atoms with E-state index in [2.05, 4.69) is 15.0 Å². The fourth-order valence-electron chi connectivity index (χ4n) is 1.49. The number of rotatable bonds is 1. The van der Waals surface area contributed by atoms with Crippen molar-refractivity contribution in [1.29, 1.82) is 0 Å². The van der Waals surface area contributed by atoms with Crippen molar-refractivity contribution in [2.75, 3.05) is 0 Å². The Morgan fingerprint density at radius 3 is 2.41 bits per heavy atom. The molecule has 1 N–H and O–H groups in total. The third-order valence-corrected chi connectivity index (χ3v) is 2.46. The monoisotopic (exact) mass is 229 g/mol. The fraction of sp³-hybridized carbons (Fsp3) is 0.308. The molecule has 17 heavy (non-hydrogen) atoms. The Morgan fingerprint density at radius 1 is 1.18 bits per heavy atom. The number of nitrogens with one attached hydrogen (secondary N) is 1. The standard InChI is InChI=1S/C13H15N3O/c1-13(2,3)10-8-11(17)16-12(15-10)9-4-6-14-7-5-9/h4-8H,1-3H3,(H,15,16,17). The maximum absolute atomic E-state index is 11.6. The van der Waals surface area contributed by atoms with Gasteiger partial charge in [0, 0.05) is 29.4 Å². The van der Waals surface area contributed by atoms with Crippen molar-refractivity contribution >= 4 is 0 Å². The van der Waals surface area contributed by atoms with Crippen LogP contribution in [0.4, 0.5) is 0 Å². The summed E-state index contributed by atoms with van der Waals surface area (Å²) in [6.07, 6.45) is 3.36. The summed E-state index contributed by atoms with van der Waals surface area (Å²) >= 11 is 0. The van der Waals surface area contributed by atoms with Crippen molar-refractivity contribution in [2.24, 2.45) is 0 Å². The zero-order valence-electron chi connectivity index (χ0n) is 10.2. The Kier molecular flexibility index (Phi) is 2.79. The molecule has 0 aliphatic rings. The van der Waals surface area contributed by atoms with Gasteiger partial charge in [-0.3, -0.25) is 9.78 Å². The van der Waals surface area contributed by atoms with Gasteiger partial charge in [-0.25, -0.2) is 4.98 Å². The van der Waals surface area contributed by atoms with Crippen LogP contribution < -0.4 is 5.56 Å². The number of aromatic amines is 1. The summed E-state index contributed by atoms with van der Waals surface area (Å²) in [7, 11) is 0. The molecule has 2 aromatic rings. The van der Waals surface area contributed by atoms with Crippen LogP contribution in [0.2, 0.25) is 0 Å². The molecule has 0 radical (unpaired) electrons. The van der Waals surface area contributed by atoms with Gasteiger partial charge >= 0.3 is 0 Å². The van der Waals surface area contributed by atoms with Crippen LogP contribution in [0.5, 0.6) is 0 Å². The molecule has 2 rings (SSSR count). The van der Waals surface area contributed by atoms with Crippen LogP contribution in [0.1, 0.15) is 26.5 Å². The summed E-state index contributed by atoms with van der Waals surface area (Å²) in [5.41, 5.74) is 1.38. The minimum absolute atomic E-state index is 0.128. The molecule has 88 valence electrons. The SMILES string of the molecule is CC(C)(C)c1cc(=O)[nH]c(-c2ccncc2)n1. The van der Waals surface area contributed by atoms with E-state index < -0.39 is 0 Å². The van der Waals surface area contributed by atoms with Crippen LogP contribution in [0.3, 0.4) is 0 Å². The molecule has 0 saturated carbocycles. The van der Waals surface area contributed by atoms with Crippen molar-refractivity contribution < 1.29 is 0 Å². The summed E-state index contributed by atoms with van der Waals surface area (Å²) in [5.74, 6) is 0.588. The predicted molar refractivity (Wildman–Crippen MR) is 66.8 cm³/mol. The Hall–Kier alpha value is -1.97. The lowest BCUT2D eigenvalue weighted by Gasteiger charge is -2.17. The van der Waals surface area contributed by atoms with Crippen LogP contribution in [0.25, 0.3) is 11.4 Å². The molecule has 4 heteroatoms. The van der Waals surface area contributed by atoms with Gasteiger partial charge in [0.2, 0.25) is 0 Å². The van der Waals surface area contributed by atoms with E-state index >= 15 is 0 Å². The van der Waals surface area contributed by atoms with Gasteiger partial charge in [-0.15, -0.1) is 0 Å². The molecule has 0 saturated heterocycles. The lowest BCUT2D eigenvalue weighted by molar-refractivity contribution is 0.566. The first kappa shape index (κ1) is 11.5. The van der Waals surface area contributed by atoms with Crippen molar-refractivity contribution in [1.82, 2.24) is 15.0 Å². The number of aromatic nitrogens is 3. The number of H-pyrrole nitrogens is 1. The molecular formula is C13H15N3O. The Morgan fingerprint density at radius 2 is 1.82 bits per heavy atom. The maximum atomic E-state index is 11.6. The highest BCUT2D eigenvalue weighted by molar-refractivity contribution is 5.53. The van der Waals surface area contributed by atoms with Crippen LogP contribution >= 0.6 is 0 Å². The second-order valence-corrected chi connectivity index (χ2v) is 4.97. The number of nitrogens with zero attached hydrogens (tertiary/aromatic N) is 2. The molecule has 0 aliphatic carbocycles. The van der Waals surface area contributed by atoms with Gasteiger partial charge in [-0.1, -0.05) is 20.8 Å². The number of pyridine rings is 1. The molecule has 0 atom stereocenters. The molecule has 0 amide bonds. The summed E-state index contributed by atoms with van der Waals surface area (Å²) in [6, 6.07) is 5.19. The third-order valence-electron chi connectivity index (χ3n) is 2.46. The Bertz CT molecular complexity index is 567. The first-order chi connectivity index (χ1) is 7.97. The van der Waals surface area contributed by atoms with Gasteiger partial charge in [0.15, 0.2) is 0 Å². The first-order valence-corrected chi connectivity index (χ1v) is 5.49. The molecule has 2 heterocycles. The van der Waals surface area contributed by atoms with Crippen molar-refractivity contribution in [3.8, 4) is 11.4 Å². The van der Waals surface area contributed by atoms with Crippen molar-refractivity contribution in [3.05, 3.63) is 46.6 Å². The topological polar surface area (TPSA) is 58.6 Å². The highest BCUT2D eigenvalue weighted by Gasteiger charge is 2.17. The van der Waals surface area contributed by atoms with Gasteiger partial charge in [-0.2, -0.15) is 0 Å². The summed E-state index contributed by atoms with van der Waals surface area (Å²) in [5, 5.41) is 0. The predicted octanol–water partition coefficient (Wildman–Crippen LogP) is 2.13. The van der Waals surface area contributed by atoms with Crippen molar-refractivity contribution in [3.63, 3.8) is 0 Å². The van der Waals surface area contributed by atoms with Crippen molar-refractivity contribution in [2.45, 2.75) is 26.2 Å². The van der Waals surface area contributed by atoms with E-state index in [0.717, 1.165) is 11.3 Å². The molecule has 4 nitrogen and oxygen atoms in total. The van der Waals surface area contributed by atoms with Crippen LogP contribution in [-0.2, 0) is 5.41 Å². The van der Waals surface area contributed by atoms with Gasteiger partial charge < -0.3 is 4.98 Å². The minimum atomic E-state index is -0.143. The fourth-order valence-corrected chi connectivity index (χ4v) is 1.49. The molecule has 0 bridgehead atoms. The van der Waals surface area contributed by atoms with E-state index in [9.17, 15) is 4.79 Å². The number of hydrogen-bond donors (Lipinski definition) is 1. The largest absolute Gasteiger partial charge is 0.307 e. The smallest absolute Gasteiger partial charge is 0.251 e. The zero-order chi connectivity index (χ0) is 12.5.